The highest BCUT2D eigenvalue weighted by molar-refractivity contribution is 5.85. The molecule has 0 fully saturated rings. The minimum Gasteiger partial charge on any atom is -0.504 e. The lowest BCUT2D eigenvalue weighted by Crippen LogP contribution is -2.24. The van der Waals surface area contributed by atoms with E-state index < -0.39 is 6.09 Å². The van der Waals surface area contributed by atoms with Crippen molar-refractivity contribution in [3.63, 3.8) is 0 Å². The van der Waals surface area contributed by atoms with Gasteiger partial charge in [0, 0.05) is 18.5 Å². The van der Waals surface area contributed by atoms with Crippen LogP contribution < -0.4 is 10.1 Å². The van der Waals surface area contributed by atoms with Crippen molar-refractivity contribution in [3.8, 4) is 23.3 Å². The van der Waals surface area contributed by atoms with Gasteiger partial charge < -0.3 is 19.9 Å². The molecule has 6 nitrogen and oxygen atoms in total. The monoisotopic (exact) mass is 353 g/mol. The Morgan fingerprint density at radius 3 is 2.69 bits per heavy atom. The Labute approximate surface area is 151 Å². The summed E-state index contributed by atoms with van der Waals surface area (Å²) in [5, 5.41) is 12.5. The molecule has 2 aromatic carbocycles. The maximum Gasteiger partial charge on any atom is 0.407 e. The van der Waals surface area contributed by atoms with E-state index in [9.17, 15) is 14.7 Å². The van der Waals surface area contributed by atoms with E-state index in [1.54, 1.807) is 6.07 Å². The number of benzene rings is 2. The first-order chi connectivity index (χ1) is 12.7. The molecule has 0 aromatic heterocycles. The Morgan fingerprint density at radius 1 is 1.23 bits per heavy atom. The molecule has 0 saturated carbocycles. The van der Waals surface area contributed by atoms with E-state index in [0.717, 1.165) is 5.56 Å². The average molecular weight is 353 g/mol. The van der Waals surface area contributed by atoms with Crippen molar-refractivity contribution in [2.75, 3.05) is 13.7 Å². The average Bonchev–Trinajstić information content (AvgIpc) is 2.67. The Hall–Kier alpha value is -3.46. The Morgan fingerprint density at radius 2 is 2.00 bits per heavy atom. The number of phenolic OH excluding ortho intramolecular Hbond substituents is 1. The Balaban J connectivity index is 1.81. The fourth-order valence-electron chi connectivity index (χ4n) is 2.14. The van der Waals surface area contributed by atoms with Gasteiger partial charge in [0.05, 0.1) is 12.7 Å². The summed E-state index contributed by atoms with van der Waals surface area (Å²) < 4.78 is 10.0. The molecule has 0 aliphatic heterocycles. The van der Waals surface area contributed by atoms with Gasteiger partial charge in [-0.2, -0.15) is 0 Å². The fourth-order valence-corrected chi connectivity index (χ4v) is 2.14. The molecule has 0 saturated heterocycles. The number of ether oxygens (including phenoxy) is 2. The molecule has 0 atom stereocenters. The topological polar surface area (TPSA) is 84.9 Å². The highest BCUT2D eigenvalue weighted by atomic mass is 16.5. The van der Waals surface area contributed by atoms with Gasteiger partial charge in [-0.1, -0.05) is 42.2 Å². The minimum absolute atomic E-state index is 0.0760. The lowest BCUT2D eigenvalue weighted by atomic mass is 10.1. The molecule has 0 radical (unpaired) electrons. The zero-order valence-electron chi connectivity index (χ0n) is 14.3. The molecule has 1 amide bonds. The molecule has 26 heavy (non-hydrogen) atoms. The van der Waals surface area contributed by atoms with Gasteiger partial charge in [0.1, 0.15) is 6.61 Å². The third-order valence-electron chi connectivity index (χ3n) is 3.47. The molecular weight excluding hydrogens is 334 g/mol. The van der Waals surface area contributed by atoms with Gasteiger partial charge >= 0.3 is 6.09 Å². The predicted octanol–water partition coefficient (Wildman–Crippen LogP) is 2.88. The van der Waals surface area contributed by atoms with Crippen LogP contribution in [0.4, 0.5) is 4.79 Å². The van der Waals surface area contributed by atoms with E-state index >= 15 is 0 Å². The summed E-state index contributed by atoms with van der Waals surface area (Å²) >= 11 is 0. The van der Waals surface area contributed by atoms with Crippen LogP contribution in [0.1, 0.15) is 27.9 Å². The summed E-state index contributed by atoms with van der Waals surface area (Å²) in [6, 6.07) is 12.5. The third kappa shape index (κ3) is 5.28. The van der Waals surface area contributed by atoms with Crippen LogP contribution in [0.5, 0.6) is 11.5 Å². The summed E-state index contributed by atoms with van der Waals surface area (Å²) in [4.78, 5) is 22.7. The molecule has 0 spiro atoms. The van der Waals surface area contributed by atoms with Crippen molar-refractivity contribution in [2.45, 2.75) is 13.0 Å². The molecular formula is C20H19NO5. The summed E-state index contributed by atoms with van der Waals surface area (Å²) in [5.74, 6) is 5.61. The van der Waals surface area contributed by atoms with Crippen LogP contribution in [-0.2, 0) is 11.3 Å². The molecule has 0 aliphatic rings. The maximum atomic E-state index is 11.6. The highest BCUT2D eigenvalue weighted by Crippen LogP contribution is 2.30. The first kappa shape index (κ1) is 18.9. The van der Waals surface area contributed by atoms with Crippen LogP contribution in [0, 0.1) is 11.8 Å². The third-order valence-corrected chi connectivity index (χ3v) is 3.47. The van der Waals surface area contributed by atoms with Crippen molar-refractivity contribution in [1.82, 2.24) is 5.32 Å². The minimum atomic E-state index is -0.522. The number of amides is 1. The highest BCUT2D eigenvalue weighted by Gasteiger charge is 2.11. The summed E-state index contributed by atoms with van der Waals surface area (Å²) in [6.45, 7) is 0.505. The summed E-state index contributed by atoms with van der Waals surface area (Å²) in [6.07, 6.45) is 0.374. The van der Waals surface area contributed by atoms with E-state index in [1.807, 2.05) is 30.3 Å². The second-order valence-electron chi connectivity index (χ2n) is 5.24. The molecule has 0 aliphatic carbocycles. The van der Waals surface area contributed by atoms with Gasteiger partial charge in [0.25, 0.3) is 0 Å². The van der Waals surface area contributed by atoms with E-state index in [0.29, 0.717) is 24.8 Å². The number of hydrogen-bond donors (Lipinski definition) is 2. The molecule has 2 rings (SSSR count). The standard InChI is InChI=1S/C20H19NO5/c1-25-18-11-10-16(17(13-22)19(18)23)9-5-6-12-21-20(24)26-14-15-7-3-2-4-8-15/h2-4,7-8,10-11,13,23H,6,12,14H2,1H3,(H,21,24). The van der Waals surface area contributed by atoms with Gasteiger partial charge in [0.15, 0.2) is 17.8 Å². The lowest BCUT2D eigenvalue weighted by Gasteiger charge is -2.06. The van der Waals surface area contributed by atoms with E-state index in [2.05, 4.69) is 17.2 Å². The number of nitrogens with one attached hydrogen (secondary N) is 1. The van der Waals surface area contributed by atoms with Crippen LogP contribution >= 0.6 is 0 Å². The number of phenols is 1. The van der Waals surface area contributed by atoms with Crippen molar-refractivity contribution in [2.24, 2.45) is 0 Å². The van der Waals surface area contributed by atoms with Crippen molar-refractivity contribution >= 4 is 12.4 Å². The summed E-state index contributed by atoms with van der Waals surface area (Å²) in [7, 11) is 1.40. The fraction of sp³-hybridized carbons (Fsp3) is 0.200. The van der Waals surface area contributed by atoms with Gasteiger partial charge in [0.2, 0.25) is 0 Å². The second kappa shape index (κ2) is 9.74. The number of rotatable bonds is 6. The first-order valence-corrected chi connectivity index (χ1v) is 7.94. The lowest BCUT2D eigenvalue weighted by molar-refractivity contribution is 0.112. The van der Waals surface area contributed by atoms with Crippen LogP contribution in [0.15, 0.2) is 42.5 Å². The maximum absolute atomic E-state index is 11.6. The molecule has 0 heterocycles. The zero-order chi connectivity index (χ0) is 18.8. The molecule has 6 heteroatoms. The van der Waals surface area contributed by atoms with Gasteiger partial charge in [-0.15, -0.1) is 0 Å². The number of aromatic hydroxyl groups is 1. The quantitative estimate of drug-likeness (QED) is 0.474. The summed E-state index contributed by atoms with van der Waals surface area (Å²) in [5.41, 5.74) is 1.38. The smallest absolute Gasteiger partial charge is 0.407 e. The first-order valence-electron chi connectivity index (χ1n) is 7.94. The second-order valence-corrected chi connectivity index (χ2v) is 5.24. The van der Waals surface area contributed by atoms with E-state index in [1.165, 1.54) is 13.2 Å². The molecule has 134 valence electrons. The zero-order valence-corrected chi connectivity index (χ0v) is 14.3. The Bertz CT molecular complexity index is 821. The number of hydrogen-bond acceptors (Lipinski definition) is 5. The van der Waals surface area contributed by atoms with Crippen molar-refractivity contribution in [3.05, 3.63) is 59.2 Å². The van der Waals surface area contributed by atoms with E-state index in [-0.39, 0.29) is 23.7 Å². The normalized spacial score (nSPS) is 9.58. The van der Waals surface area contributed by atoms with Gasteiger partial charge in [-0.05, 0) is 17.7 Å². The number of aldehydes is 1. The predicted molar refractivity (Wildman–Crippen MR) is 96.2 cm³/mol. The number of carbonyl (C=O) groups excluding carboxylic acids is 2. The van der Waals surface area contributed by atoms with E-state index in [4.69, 9.17) is 9.47 Å². The molecule has 2 aromatic rings. The van der Waals surface area contributed by atoms with Crippen LogP contribution in [-0.4, -0.2) is 31.1 Å². The largest absolute Gasteiger partial charge is 0.504 e. The molecule has 0 bridgehead atoms. The van der Waals surface area contributed by atoms with Gasteiger partial charge in [-0.25, -0.2) is 4.79 Å². The van der Waals surface area contributed by atoms with Gasteiger partial charge in [-0.3, -0.25) is 4.79 Å². The Kier molecular flexibility index (Phi) is 7.07. The molecule has 0 unspecified atom stereocenters. The van der Waals surface area contributed by atoms with Crippen LogP contribution in [0.2, 0.25) is 0 Å². The number of methoxy groups -OCH3 is 1. The molecule has 2 N–H and O–H groups in total. The van der Waals surface area contributed by atoms with Crippen LogP contribution in [0.3, 0.4) is 0 Å². The van der Waals surface area contributed by atoms with Crippen molar-refractivity contribution < 1.29 is 24.2 Å². The van der Waals surface area contributed by atoms with Crippen molar-refractivity contribution in [1.29, 1.82) is 0 Å². The van der Waals surface area contributed by atoms with Crippen LogP contribution in [0.25, 0.3) is 0 Å². The number of carbonyl (C=O) groups is 2. The number of alkyl carbamates (subject to hydrolysis) is 1. The SMILES string of the molecule is COc1ccc(C#CCCNC(=O)OCc2ccccc2)c(C=O)c1O.